The minimum atomic E-state index is -0.797. The van der Waals surface area contributed by atoms with Crippen molar-refractivity contribution in [3.05, 3.63) is 35.4 Å². The second kappa shape index (κ2) is 4.93. The Morgan fingerprint density at radius 1 is 1.20 bits per heavy atom. The number of carbonyl (C=O) groups excluding carboxylic acids is 1. The summed E-state index contributed by atoms with van der Waals surface area (Å²) in [6, 6.07) is 7.84. The van der Waals surface area contributed by atoms with Crippen LogP contribution in [0.4, 0.5) is 0 Å². The number of benzene rings is 1. The summed E-state index contributed by atoms with van der Waals surface area (Å²) in [5, 5.41) is 9.49. The van der Waals surface area contributed by atoms with E-state index in [0.717, 1.165) is 24.0 Å². The summed E-state index contributed by atoms with van der Waals surface area (Å²) < 4.78 is 0. The second-order valence-electron chi connectivity index (χ2n) is 5.87. The monoisotopic (exact) mass is 273 g/mol. The maximum Gasteiger partial charge on any atom is 0.308 e. The highest BCUT2D eigenvalue weighted by atomic mass is 16.4. The minimum Gasteiger partial charge on any atom is -0.481 e. The summed E-state index contributed by atoms with van der Waals surface area (Å²) in [5.74, 6) is -1.18. The van der Waals surface area contributed by atoms with Crippen LogP contribution in [0.25, 0.3) is 0 Å². The Hall–Kier alpha value is -1.84. The van der Waals surface area contributed by atoms with Crippen LogP contribution in [-0.4, -0.2) is 27.9 Å². The molecule has 1 saturated heterocycles. The van der Waals surface area contributed by atoms with Crippen LogP contribution < -0.4 is 0 Å². The number of carboxylic acid groups (broad SMARTS) is 1. The van der Waals surface area contributed by atoms with E-state index < -0.39 is 11.9 Å². The highest BCUT2D eigenvalue weighted by Crippen LogP contribution is 2.43. The van der Waals surface area contributed by atoms with Gasteiger partial charge < -0.3 is 10.0 Å². The third-order valence-corrected chi connectivity index (χ3v) is 4.31. The Balaban J connectivity index is 2.00. The topological polar surface area (TPSA) is 57.6 Å². The van der Waals surface area contributed by atoms with Crippen molar-refractivity contribution in [3.8, 4) is 0 Å². The Labute approximate surface area is 118 Å². The lowest BCUT2D eigenvalue weighted by Crippen LogP contribution is -2.46. The standard InChI is InChI=1S/C16H19NO3/c1-10-2-4-11(5-3-10)15-13(16(19)20)8-9-14(18)17(15)12-6-7-12/h2-5,12-13,15H,6-9H2,1H3,(H,19,20)/t13-,15+/m0/s1. The molecule has 0 spiro atoms. The number of hydrogen-bond acceptors (Lipinski definition) is 2. The zero-order valence-corrected chi connectivity index (χ0v) is 11.6. The molecule has 20 heavy (non-hydrogen) atoms. The van der Waals surface area contributed by atoms with E-state index in [0.29, 0.717) is 12.8 Å². The first-order valence-corrected chi connectivity index (χ1v) is 7.18. The largest absolute Gasteiger partial charge is 0.481 e. The van der Waals surface area contributed by atoms with Crippen LogP contribution in [0.2, 0.25) is 0 Å². The molecule has 1 aromatic carbocycles. The van der Waals surface area contributed by atoms with Crippen molar-refractivity contribution in [1.29, 1.82) is 0 Å². The molecule has 0 bridgehead atoms. The Kier molecular flexibility index (Phi) is 3.24. The van der Waals surface area contributed by atoms with Gasteiger partial charge in [-0.2, -0.15) is 0 Å². The van der Waals surface area contributed by atoms with Gasteiger partial charge in [-0.1, -0.05) is 29.8 Å². The maximum absolute atomic E-state index is 12.2. The molecule has 1 N–H and O–H groups in total. The summed E-state index contributed by atoms with van der Waals surface area (Å²) in [6.45, 7) is 2.00. The van der Waals surface area contributed by atoms with Gasteiger partial charge in [-0.15, -0.1) is 0 Å². The molecule has 3 rings (SSSR count). The molecule has 1 amide bonds. The van der Waals surface area contributed by atoms with Crippen LogP contribution in [-0.2, 0) is 9.59 Å². The number of aryl methyl sites for hydroxylation is 1. The Morgan fingerprint density at radius 3 is 2.40 bits per heavy atom. The molecule has 4 heteroatoms. The van der Waals surface area contributed by atoms with E-state index in [1.165, 1.54) is 0 Å². The van der Waals surface area contributed by atoms with Crippen LogP contribution in [0, 0.1) is 12.8 Å². The van der Waals surface area contributed by atoms with Crippen LogP contribution >= 0.6 is 0 Å². The predicted molar refractivity (Wildman–Crippen MR) is 74.1 cm³/mol. The van der Waals surface area contributed by atoms with E-state index in [1.807, 2.05) is 36.1 Å². The van der Waals surface area contributed by atoms with Gasteiger partial charge >= 0.3 is 5.97 Å². The van der Waals surface area contributed by atoms with Crippen molar-refractivity contribution in [3.63, 3.8) is 0 Å². The van der Waals surface area contributed by atoms with Crippen molar-refractivity contribution < 1.29 is 14.7 Å². The van der Waals surface area contributed by atoms with Crippen molar-refractivity contribution in [2.75, 3.05) is 0 Å². The molecule has 4 nitrogen and oxygen atoms in total. The van der Waals surface area contributed by atoms with Crippen LogP contribution in [0.1, 0.15) is 42.9 Å². The van der Waals surface area contributed by atoms with Crippen molar-refractivity contribution in [2.24, 2.45) is 5.92 Å². The van der Waals surface area contributed by atoms with Crippen LogP contribution in [0.15, 0.2) is 24.3 Å². The molecule has 1 saturated carbocycles. The molecular weight excluding hydrogens is 254 g/mol. The van der Waals surface area contributed by atoms with Gasteiger partial charge in [-0.3, -0.25) is 9.59 Å². The Bertz CT molecular complexity index is 533. The Morgan fingerprint density at radius 2 is 1.85 bits per heavy atom. The molecule has 106 valence electrons. The van der Waals surface area contributed by atoms with Gasteiger partial charge in [0.15, 0.2) is 0 Å². The number of carboxylic acids is 1. The summed E-state index contributed by atoms with van der Waals surface area (Å²) in [4.78, 5) is 25.6. The summed E-state index contributed by atoms with van der Waals surface area (Å²) in [5.41, 5.74) is 2.09. The molecule has 1 aromatic rings. The molecule has 0 unspecified atom stereocenters. The van der Waals surface area contributed by atoms with Gasteiger partial charge in [0, 0.05) is 12.5 Å². The summed E-state index contributed by atoms with van der Waals surface area (Å²) in [7, 11) is 0. The fraction of sp³-hybridized carbons (Fsp3) is 0.500. The maximum atomic E-state index is 12.2. The minimum absolute atomic E-state index is 0.107. The number of amides is 1. The van der Waals surface area contributed by atoms with E-state index in [9.17, 15) is 14.7 Å². The average Bonchev–Trinajstić information content (AvgIpc) is 3.23. The molecule has 2 aliphatic rings. The number of carbonyl (C=O) groups is 2. The molecule has 1 heterocycles. The van der Waals surface area contributed by atoms with Crippen LogP contribution in [0.5, 0.6) is 0 Å². The zero-order chi connectivity index (χ0) is 14.3. The van der Waals surface area contributed by atoms with Gasteiger partial charge in [-0.05, 0) is 31.7 Å². The number of rotatable bonds is 3. The second-order valence-corrected chi connectivity index (χ2v) is 5.87. The third kappa shape index (κ3) is 2.30. The summed E-state index contributed by atoms with van der Waals surface area (Å²) in [6.07, 6.45) is 2.80. The first-order valence-electron chi connectivity index (χ1n) is 7.18. The molecule has 1 aliphatic heterocycles. The number of piperidine rings is 1. The van der Waals surface area contributed by atoms with E-state index >= 15 is 0 Å². The zero-order valence-electron chi connectivity index (χ0n) is 11.6. The van der Waals surface area contributed by atoms with Crippen LogP contribution in [0.3, 0.4) is 0 Å². The number of aliphatic carboxylic acids is 1. The van der Waals surface area contributed by atoms with E-state index in [2.05, 4.69) is 0 Å². The lowest BCUT2D eigenvalue weighted by molar-refractivity contribution is -0.152. The summed E-state index contributed by atoms with van der Waals surface area (Å²) >= 11 is 0. The predicted octanol–water partition coefficient (Wildman–Crippen LogP) is 2.52. The van der Waals surface area contributed by atoms with Gasteiger partial charge in [0.1, 0.15) is 0 Å². The average molecular weight is 273 g/mol. The first kappa shape index (κ1) is 13.2. The molecule has 0 radical (unpaired) electrons. The first-order chi connectivity index (χ1) is 9.58. The molecule has 0 aromatic heterocycles. The highest BCUT2D eigenvalue weighted by Gasteiger charge is 2.46. The molecule has 2 fully saturated rings. The number of hydrogen-bond donors (Lipinski definition) is 1. The van der Waals surface area contributed by atoms with Crippen molar-refractivity contribution in [1.82, 2.24) is 4.90 Å². The van der Waals surface area contributed by atoms with Crippen molar-refractivity contribution >= 4 is 11.9 Å². The highest BCUT2D eigenvalue weighted by molar-refractivity contribution is 5.82. The fourth-order valence-electron chi connectivity index (χ4n) is 3.11. The van der Waals surface area contributed by atoms with Gasteiger partial charge in [0.25, 0.3) is 0 Å². The fourth-order valence-corrected chi connectivity index (χ4v) is 3.11. The van der Waals surface area contributed by atoms with E-state index in [1.54, 1.807) is 0 Å². The quantitative estimate of drug-likeness (QED) is 0.920. The van der Waals surface area contributed by atoms with Gasteiger partial charge in [0.2, 0.25) is 5.91 Å². The van der Waals surface area contributed by atoms with E-state index in [-0.39, 0.29) is 18.0 Å². The van der Waals surface area contributed by atoms with Gasteiger partial charge in [-0.25, -0.2) is 0 Å². The number of likely N-dealkylation sites (tertiary alicyclic amines) is 1. The smallest absolute Gasteiger partial charge is 0.308 e. The van der Waals surface area contributed by atoms with Gasteiger partial charge in [0.05, 0.1) is 12.0 Å². The number of nitrogens with zero attached hydrogens (tertiary/aromatic N) is 1. The van der Waals surface area contributed by atoms with E-state index in [4.69, 9.17) is 0 Å². The lowest BCUT2D eigenvalue weighted by atomic mass is 9.84. The third-order valence-electron chi connectivity index (χ3n) is 4.31. The molecule has 2 atom stereocenters. The van der Waals surface area contributed by atoms with Crippen molar-refractivity contribution in [2.45, 2.75) is 44.7 Å². The lowest BCUT2D eigenvalue weighted by Gasteiger charge is -2.40. The SMILES string of the molecule is Cc1ccc([C@@H]2[C@@H](C(=O)O)CCC(=O)N2C2CC2)cc1. The molecule has 1 aliphatic carbocycles. The molecular formula is C16H19NO3. The normalized spacial score (nSPS) is 26.6.